The number of halogens is 2. The van der Waals surface area contributed by atoms with Gasteiger partial charge in [0.15, 0.2) is 0 Å². The topological polar surface area (TPSA) is 58.4 Å². The van der Waals surface area contributed by atoms with Crippen molar-refractivity contribution < 1.29 is 4.79 Å². The molecule has 1 aliphatic heterocycles. The second-order valence-electron chi connectivity index (χ2n) is 5.95. The van der Waals surface area contributed by atoms with E-state index in [0.717, 1.165) is 11.3 Å². The summed E-state index contributed by atoms with van der Waals surface area (Å²) in [6.07, 6.45) is 2.02. The van der Waals surface area contributed by atoms with E-state index >= 15 is 0 Å². The summed E-state index contributed by atoms with van der Waals surface area (Å²) in [7, 11) is 1.61. The first-order valence-corrected chi connectivity index (χ1v) is 9.12. The molecule has 0 bridgehead atoms. The van der Waals surface area contributed by atoms with E-state index in [1.165, 1.54) is 4.68 Å². The van der Waals surface area contributed by atoms with Crippen LogP contribution in [0.5, 0.6) is 0 Å². The van der Waals surface area contributed by atoms with E-state index in [4.69, 9.17) is 11.6 Å². The van der Waals surface area contributed by atoms with Crippen LogP contribution in [0.3, 0.4) is 0 Å². The van der Waals surface area contributed by atoms with E-state index in [9.17, 15) is 9.59 Å². The van der Waals surface area contributed by atoms with Crippen LogP contribution >= 0.6 is 27.5 Å². The molecule has 2 heterocycles. The van der Waals surface area contributed by atoms with Crippen molar-refractivity contribution in [1.29, 1.82) is 0 Å². The Bertz CT molecular complexity index is 847. The van der Waals surface area contributed by atoms with Crippen LogP contribution in [0.15, 0.2) is 39.7 Å². The molecule has 0 spiro atoms. The lowest BCUT2D eigenvalue weighted by atomic mass is 10.1. The predicted molar refractivity (Wildman–Crippen MR) is 101 cm³/mol. The van der Waals surface area contributed by atoms with Gasteiger partial charge in [0.2, 0.25) is 5.91 Å². The van der Waals surface area contributed by atoms with Gasteiger partial charge in [-0.05, 0) is 33.6 Å². The Hall–Kier alpha value is -1.86. The Labute approximate surface area is 159 Å². The molecule has 25 heavy (non-hydrogen) atoms. The van der Waals surface area contributed by atoms with Crippen LogP contribution in [0.25, 0.3) is 0 Å². The highest BCUT2D eigenvalue weighted by Crippen LogP contribution is 2.23. The molecule has 1 aromatic carbocycles. The maximum atomic E-state index is 12.5. The fourth-order valence-electron chi connectivity index (χ4n) is 2.85. The van der Waals surface area contributed by atoms with Crippen LogP contribution in [-0.2, 0) is 18.3 Å². The highest BCUT2D eigenvalue weighted by atomic mass is 79.9. The second kappa shape index (κ2) is 7.58. The molecule has 6 nitrogen and oxygen atoms in total. The molecule has 0 radical (unpaired) electrons. The molecule has 1 saturated heterocycles. The van der Waals surface area contributed by atoms with Gasteiger partial charge < -0.3 is 9.80 Å². The fourth-order valence-corrected chi connectivity index (χ4v) is 3.68. The lowest BCUT2D eigenvalue weighted by molar-refractivity contribution is -0.130. The van der Waals surface area contributed by atoms with Gasteiger partial charge in [0.05, 0.1) is 18.3 Å². The third-order valence-electron chi connectivity index (χ3n) is 4.28. The molecule has 132 valence electrons. The first-order valence-electron chi connectivity index (χ1n) is 7.94. The van der Waals surface area contributed by atoms with Gasteiger partial charge >= 0.3 is 0 Å². The number of anilines is 1. The van der Waals surface area contributed by atoms with Gasteiger partial charge in [0.25, 0.3) is 5.56 Å². The Morgan fingerprint density at radius 1 is 1.28 bits per heavy atom. The number of rotatable bonds is 3. The lowest BCUT2D eigenvalue weighted by Crippen LogP contribution is -2.49. The van der Waals surface area contributed by atoms with Gasteiger partial charge in [-0.15, -0.1) is 0 Å². The number of benzene rings is 1. The summed E-state index contributed by atoms with van der Waals surface area (Å²) in [5.41, 5.74) is 1.51. The maximum absolute atomic E-state index is 12.5. The van der Waals surface area contributed by atoms with E-state index in [-0.39, 0.29) is 11.5 Å². The Morgan fingerprint density at radius 2 is 2.00 bits per heavy atom. The van der Waals surface area contributed by atoms with Crippen LogP contribution in [0.2, 0.25) is 5.02 Å². The van der Waals surface area contributed by atoms with Gasteiger partial charge in [0.1, 0.15) is 4.47 Å². The molecule has 2 aromatic rings. The predicted octanol–water partition coefficient (Wildman–Crippen LogP) is 2.09. The number of amides is 1. The highest BCUT2D eigenvalue weighted by molar-refractivity contribution is 9.10. The number of carbonyl (C=O) groups is 1. The average Bonchev–Trinajstić information content (AvgIpc) is 2.60. The number of hydrogen-bond acceptors (Lipinski definition) is 4. The van der Waals surface area contributed by atoms with Crippen molar-refractivity contribution in [3.05, 3.63) is 55.9 Å². The lowest BCUT2D eigenvalue weighted by Gasteiger charge is -2.36. The van der Waals surface area contributed by atoms with E-state index in [1.54, 1.807) is 19.3 Å². The Morgan fingerprint density at radius 3 is 2.68 bits per heavy atom. The van der Waals surface area contributed by atoms with Crippen molar-refractivity contribution in [1.82, 2.24) is 14.7 Å². The summed E-state index contributed by atoms with van der Waals surface area (Å²) in [5, 5.41) is 4.71. The molecule has 1 aromatic heterocycles. The minimum atomic E-state index is -0.169. The molecule has 1 aliphatic rings. The van der Waals surface area contributed by atoms with Crippen LogP contribution in [0, 0.1) is 0 Å². The van der Waals surface area contributed by atoms with Crippen molar-refractivity contribution in [3.63, 3.8) is 0 Å². The van der Waals surface area contributed by atoms with E-state index in [2.05, 4.69) is 25.9 Å². The Kier molecular flexibility index (Phi) is 5.44. The SMILES string of the molecule is Cn1ncc(N2CCN(C(=O)Cc3cccc(Cl)c3)CC2)c(Br)c1=O. The number of carbonyl (C=O) groups excluding carboxylic acids is 1. The highest BCUT2D eigenvalue weighted by Gasteiger charge is 2.23. The summed E-state index contributed by atoms with van der Waals surface area (Å²) < 4.78 is 1.79. The first kappa shape index (κ1) is 17.9. The van der Waals surface area contributed by atoms with Crippen molar-refractivity contribution in [2.75, 3.05) is 31.1 Å². The van der Waals surface area contributed by atoms with Gasteiger partial charge in [0, 0.05) is 38.2 Å². The molecule has 3 rings (SSSR count). The molecule has 0 saturated carbocycles. The Balaban J connectivity index is 1.63. The number of aryl methyl sites for hydroxylation is 1. The number of hydrogen-bond donors (Lipinski definition) is 0. The molecule has 1 amide bonds. The van der Waals surface area contributed by atoms with Crippen LogP contribution in [0.4, 0.5) is 5.69 Å². The third-order valence-corrected chi connectivity index (χ3v) is 5.26. The zero-order valence-electron chi connectivity index (χ0n) is 13.8. The molecule has 0 atom stereocenters. The number of piperazine rings is 1. The maximum Gasteiger partial charge on any atom is 0.282 e. The molecule has 0 aliphatic carbocycles. The number of aromatic nitrogens is 2. The van der Waals surface area contributed by atoms with Crippen molar-refractivity contribution in [2.45, 2.75) is 6.42 Å². The van der Waals surface area contributed by atoms with Gasteiger partial charge in [-0.3, -0.25) is 9.59 Å². The third kappa shape index (κ3) is 4.04. The summed E-state index contributed by atoms with van der Waals surface area (Å²) in [6, 6.07) is 7.37. The molecule has 8 heteroatoms. The summed E-state index contributed by atoms with van der Waals surface area (Å²) in [5.74, 6) is 0.0862. The van der Waals surface area contributed by atoms with Crippen LogP contribution in [-0.4, -0.2) is 46.8 Å². The van der Waals surface area contributed by atoms with Gasteiger partial charge in [-0.1, -0.05) is 23.7 Å². The molecule has 0 unspecified atom stereocenters. The monoisotopic (exact) mass is 424 g/mol. The normalized spacial score (nSPS) is 14.7. The molecule has 0 N–H and O–H groups in total. The second-order valence-corrected chi connectivity index (χ2v) is 7.18. The van der Waals surface area contributed by atoms with Gasteiger partial charge in [-0.25, -0.2) is 4.68 Å². The van der Waals surface area contributed by atoms with E-state index in [0.29, 0.717) is 42.1 Å². The minimum Gasteiger partial charge on any atom is -0.366 e. The standard InChI is InChI=1S/C17H18BrClN4O2/c1-21-17(25)16(18)14(11-20-21)22-5-7-23(8-6-22)15(24)10-12-3-2-4-13(19)9-12/h2-4,9,11H,5-8,10H2,1H3. The van der Waals surface area contributed by atoms with E-state index in [1.807, 2.05) is 23.1 Å². The van der Waals surface area contributed by atoms with Crippen LogP contribution in [0.1, 0.15) is 5.56 Å². The minimum absolute atomic E-state index is 0.0862. The summed E-state index contributed by atoms with van der Waals surface area (Å²) in [6.45, 7) is 2.55. The van der Waals surface area contributed by atoms with E-state index < -0.39 is 0 Å². The van der Waals surface area contributed by atoms with Crippen LogP contribution < -0.4 is 10.5 Å². The summed E-state index contributed by atoms with van der Waals surface area (Å²) >= 11 is 9.32. The molecular weight excluding hydrogens is 408 g/mol. The fraction of sp³-hybridized carbons (Fsp3) is 0.353. The largest absolute Gasteiger partial charge is 0.366 e. The zero-order valence-corrected chi connectivity index (χ0v) is 16.1. The average molecular weight is 426 g/mol. The smallest absolute Gasteiger partial charge is 0.282 e. The first-order chi connectivity index (χ1) is 12.0. The van der Waals surface area contributed by atoms with Crippen molar-refractivity contribution in [3.8, 4) is 0 Å². The molecule has 1 fully saturated rings. The quantitative estimate of drug-likeness (QED) is 0.755. The zero-order chi connectivity index (χ0) is 18.0. The number of nitrogens with zero attached hydrogens (tertiary/aromatic N) is 4. The molecular formula is C17H18BrClN4O2. The van der Waals surface area contributed by atoms with Crippen molar-refractivity contribution >= 4 is 39.1 Å². The van der Waals surface area contributed by atoms with Crippen molar-refractivity contribution in [2.24, 2.45) is 7.05 Å². The summed E-state index contributed by atoms with van der Waals surface area (Å²) in [4.78, 5) is 28.4. The van der Waals surface area contributed by atoms with Gasteiger partial charge in [-0.2, -0.15) is 5.10 Å².